The summed E-state index contributed by atoms with van der Waals surface area (Å²) < 4.78 is 11.5. The van der Waals surface area contributed by atoms with E-state index < -0.39 is 6.10 Å². The van der Waals surface area contributed by atoms with Gasteiger partial charge in [0.05, 0.1) is 36.9 Å². The SMILES string of the molecule is COC(=O)CC(O)[C@@H](C)[C@H](OCc1ccccc1)C(C)C1SCCCS1. The molecule has 1 saturated heterocycles. The monoisotopic (exact) mass is 398 g/mol. The van der Waals surface area contributed by atoms with Crippen molar-refractivity contribution in [3.63, 3.8) is 0 Å². The smallest absolute Gasteiger partial charge is 0.308 e. The average molecular weight is 399 g/mol. The highest BCUT2D eigenvalue weighted by molar-refractivity contribution is 8.17. The minimum atomic E-state index is -0.774. The number of aliphatic hydroxyl groups is 1. The Labute approximate surface area is 165 Å². The summed E-state index contributed by atoms with van der Waals surface area (Å²) in [6.45, 7) is 4.68. The maximum Gasteiger partial charge on any atom is 0.308 e. The molecule has 0 bridgehead atoms. The van der Waals surface area contributed by atoms with Gasteiger partial charge in [0.15, 0.2) is 0 Å². The van der Waals surface area contributed by atoms with Crippen molar-refractivity contribution in [1.29, 1.82) is 0 Å². The van der Waals surface area contributed by atoms with Gasteiger partial charge in [0.1, 0.15) is 0 Å². The molecule has 0 radical (unpaired) electrons. The second kappa shape index (κ2) is 11.2. The fourth-order valence-electron chi connectivity index (χ4n) is 3.17. The third-order valence-corrected chi connectivity index (χ3v) is 8.20. The van der Waals surface area contributed by atoms with E-state index in [0.717, 1.165) is 5.56 Å². The Hall–Kier alpha value is -0.690. The summed E-state index contributed by atoms with van der Waals surface area (Å²) in [4.78, 5) is 11.6. The average Bonchev–Trinajstić information content (AvgIpc) is 2.69. The summed E-state index contributed by atoms with van der Waals surface area (Å²) in [6.07, 6.45) is 0.344. The molecule has 1 aliphatic rings. The van der Waals surface area contributed by atoms with E-state index in [1.807, 2.05) is 60.8 Å². The number of carbonyl (C=O) groups excluding carboxylic acids is 1. The molecule has 2 rings (SSSR count). The van der Waals surface area contributed by atoms with Crippen LogP contribution in [0, 0.1) is 11.8 Å². The minimum Gasteiger partial charge on any atom is -0.469 e. The zero-order chi connectivity index (χ0) is 18.9. The van der Waals surface area contributed by atoms with E-state index in [9.17, 15) is 9.90 Å². The van der Waals surface area contributed by atoms with Crippen LogP contribution >= 0.6 is 23.5 Å². The number of hydrogen-bond acceptors (Lipinski definition) is 6. The molecule has 2 unspecified atom stereocenters. The van der Waals surface area contributed by atoms with Gasteiger partial charge in [0.25, 0.3) is 0 Å². The van der Waals surface area contributed by atoms with Gasteiger partial charge >= 0.3 is 5.97 Å². The Morgan fingerprint density at radius 3 is 2.50 bits per heavy atom. The number of carbonyl (C=O) groups is 1. The fraction of sp³-hybridized carbons (Fsp3) is 0.650. The van der Waals surface area contributed by atoms with E-state index in [1.54, 1.807) is 0 Å². The normalized spacial score (nSPS) is 20.2. The first kappa shape index (κ1) is 21.6. The second-order valence-corrected chi connectivity index (χ2v) is 9.59. The Bertz CT molecular complexity index is 534. The van der Waals surface area contributed by atoms with Crippen LogP contribution in [0.2, 0.25) is 0 Å². The topological polar surface area (TPSA) is 55.8 Å². The number of esters is 1. The van der Waals surface area contributed by atoms with Crippen molar-refractivity contribution in [3.05, 3.63) is 35.9 Å². The molecule has 1 aromatic rings. The maximum absolute atomic E-state index is 11.6. The first-order valence-electron chi connectivity index (χ1n) is 9.16. The van der Waals surface area contributed by atoms with Crippen LogP contribution in [-0.4, -0.2) is 46.5 Å². The Kier molecular flexibility index (Phi) is 9.33. The van der Waals surface area contributed by atoms with Crippen molar-refractivity contribution in [3.8, 4) is 0 Å². The van der Waals surface area contributed by atoms with Gasteiger partial charge in [-0.05, 0) is 23.5 Å². The number of aliphatic hydroxyl groups excluding tert-OH is 1. The molecule has 4 atom stereocenters. The molecule has 0 amide bonds. The van der Waals surface area contributed by atoms with Gasteiger partial charge in [-0.1, -0.05) is 44.2 Å². The predicted octanol–water partition coefficient (Wildman–Crippen LogP) is 3.96. The lowest BCUT2D eigenvalue weighted by Crippen LogP contribution is -2.40. The fourth-order valence-corrected chi connectivity index (χ4v) is 6.32. The summed E-state index contributed by atoms with van der Waals surface area (Å²) in [5, 5.41) is 10.5. The number of methoxy groups -OCH3 is 1. The summed E-state index contributed by atoms with van der Waals surface area (Å²) in [5.41, 5.74) is 1.11. The highest BCUT2D eigenvalue weighted by Crippen LogP contribution is 2.40. The zero-order valence-electron chi connectivity index (χ0n) is 15.8. The lowest BCUT2D eigenvalue weighted by atomic mass is 9.88. The Morgan fingerprint density at radius 2 is 1.88 bits per heavy atom. The van der Waals surface area contributed by atoms with Crippen LogP contribution in [0.25, 0.3) is 0 Å². The van der Waals surface area contributed by atoms with Crippen molar-refractivity contribution < 1.29 is 19.4 Å². The number of ether oxygens (including phenoxy) is 2. The van der Waals surface area contributed by atoms with Crippen LogP contribution in [0.15, 0.2) is 30.3 Å². The summed E-state index contributed by atoms with van der Waals surface area (Å²) in [6, 6.07) is 10.1. The first-order valence-corrected chi connectivity index (χ1v) is 11.3. The Balaban J connectivity index is 2.06. The standard InChI is InChI=1S/C20H30O4S2/c1-14(17(21)12-18(22)23-3)19(15(2)20-25-10-7-11-26-20)24-13-16-8-5-4-6-9-16/h4-6,8-9,14-15,17,19-21H,7,10-13H2,1-3H3/t14-,15?,17?,19+/m1/s1. The van der Waals surface area contributed by atoms with Gasteiger partial charge in [-0.2, -0.15) is 0 Å². The van der Waals surface area contributed by atoms with Crippen LogP contribution in [0.4, 0.5) is 0 Å². The highest BCUT2D eigenvalue weighted by atomic mass is 32.2. The van der Waals surface area contributed by atoms with Crippen molar-refractivity contribution in [2.75, 3.05) is 18.6 Å². The van der Waals surface area contributed by atoms with Crippen LogP contribution in [-0.2, 0) is 20.9 Å². The summed E-state index contributed by atoms with van der Waals surface area (Å²) >= 11 is 3.96. The van der Waals surface area contributed by atoms with Crippen molar-refractivity contribution >= 4 is 29.5 Å². The molecule has 0 saturated carbocycles. The van der Waals surface area contributed by atoms with E-state index in [1.165, 1.54) is 25.0 Å². The van der Waals surface area contributed by atoms with E-state index in [2.05, 4.69) is 6.92 Å². The van der Waals surface area contributed by atoms with E-state index in [0.29, 0.717) is 11.2 Å². The van der Waals surface area contributed by atoms with Crippen molar-refractivity contribution in [2.45, 2.75) is 50.1 Å². The van der Waals surface area contributed by atoms with Gasteiger partial charge in [-0.3, -0.25) is 4.79 Å². The number of rotatable bonds is 9. The molecule has 1 N–H and O–H groups in total. The molecule has 26 heavy (non-hydrogen) atoms. The molecule has 4 nitrogen and oxygen atoms in total. The quantitative estimate of drug-likeness (QED) is 0.636. The minimum absolute atomic E-state index is 0.000532. The zero-order valence-corrected chi connectivity index (χ0v) is 17.4. The lowest BCUT2D eigenvalue weighted by molar-refractivity contribution is -0.145. The first-order chi connectivity index (χ1) is 12.5. The Morgan fingerprint density at radius 1 is 1.23 bits per heavy atom. The number of hydrogen-bond donors (Lipinski definition) is 1. The van der Waals surface area contributed by atoms with E-state index in [4.69, 9.17) is 9.47 Å². The molecule has 6 heteroatoms. The van der Waals surface area contributed by atoms with E-state index >= 15 is 0 Å². The lowest BCUT2D eigenvalue weighted by Gasteiger charge is -2.37. The summed E-state index contributed by atoms with van der Waals surface area (Å²) in [5.74, 6) is 2.08. The second-order valence-electron chi connectivity index (χ2n) is 6.79. The van der Waals surface area contributed by atoms with Gasteiger partial charge in [-0.15, -0.1) is 23.5 Å². The summed E-state index contributed by atoms with van der Waals surface area (Å²) in [7, 11) is 1.35. The van der Waals surface area contributed by atoms with Crippen molar-refractivity contribution in [2.24, 2.45) is 11.8 Å². The maximum atomic E-state index is 11.6. The van der Waals surface area contributed by atoms with Gasteiger partial charge in [-0.25, -0.2) is 0 Å². The third-order valence-electron chi connectivity index (χ3n) is 4.81. The molecule has 1 aromatic carbocycles. The van der Waals surface area contributed by atoms with Crippen molar-refractivity contribution in [1.82, 2.24) is 0 Å². The number of thioether (sulfide) groups is 2. The predicted molar refractivity (Wildman–Crippen MR) is 109 cm³/mol. The molecule has 1 fully saturated rings. The number of benzene rings is 1. The molecular formula is C20H30O4S2. The highest BCUT2D eigenvalue weighted by Gasteiger charge is 2.36. The molecule has 0 aromatic heterocycles. The molecule has 0 aliphatic carbocycles. The van der Waals surface area contributed by atoms with Gasteiger partial charge < -0.3 is 14.6 Å². The van der Waals surface area contributed by atoms with Crippen LogP contribution in [0.1, 0.15) is 32.3 Å². The van der Waals surface area contributed by atoms with E-state index in [-0.39, 0.29) is 30.3 Å². The van der Waals surface area contributed by atoms with Crippen LogP contribution < -0.4 is 0 Å². The molecule has 0 spiro atoms. The van der Waals surface area contributed by atoms with Gasteiger partial charge in [0.2, 0.25) is 0 Å². The van der Waals surface area contributed by atoms with Crippen LogP contribution in [0.5, 0.6) is 0 Å². The van der Waals surface area contributed by atoms with Crippen LogP contribution in [0.3, 0.4) is 0 Å². The molecule has 1 heterocycles. The molecule has 146 valence electrons. The molecular weight excluding hydrogens is 368 g/mol. The molecule has 1 aliphatic heterocycles. The van der Waals surface area contributed by atoms with Gasteiger partial charge in [0, 0.05) is 11.8 Å². The largest absolute Gasteiger partial charge is 0.469 e. The third kappa shape index (κ3) is 6.48.